The number of hydrogen-bond donors (Lipinski definition) is 2. The molecule has 0 bridgehead atoms. The molecule has 1 unspecified atom stereocenters. The van der Waals surface area contributed by atoms with Crippen molar-refractivity contribution in [1.82, 2.24) is 19.7 Å². The molecule has 2 aromatic rings. The van der Waals surface area contributed by atoms with Crippen molar-refractivity contribution < 1.29 is 14.7 Å². The number of benzene rings is 1. The quantitative estimate of drug-likeness (QED) is 0.661. The lowest BCUT2D eigenvalue weighted by Crippen LogP contribution is -2.46. The molecule has 0 saturated carbocycles. The highest BCUT2D eigenvalue weighted by Crippen LogP contribution is 2.24. The zero-order valence-electron chi connectivity index (χ0n) is 20.4. The normalized spacial score (nSPS) is 19.8. The summed E-state index contributed by atoms with van der Waals surface area (Å²) in [5, 5.41) is 14.3. The van der Waals surface area contributed by atoms with Crippen molar-refractivity contribution in [2.45, 2.75) is 51.3 Å². The fourth-order valence-electron chi connectivity index (χ4n) is 5.54. The van der Waals surface area contributed by atoms with E-state index in [1.807, 2.05) is 17.2 Å². The van der Waals surface area contributed by atoms with Crippen LogP contribution in [0.3, 0.4) is 0 Å². The Morgan fingerprint density at radius 2 is 1.89 bits per heavy atom. The summed E-state index contributed by atoms with van der Waals surface area (Å²) in [5.74, 6) is 0.0636. The van der Waals surface area contributed by atoms with Gasteiger partial charge in [-0.05, 0) is 36.5 Å². The van der Waals surface area contributed by atoms with Gasteiger partial charge in [0.1, 0.15) is 0 Å². The topological polar surface area (TPSA) is 89.0 Å². The Balaban J connectivity index is 1.17. The van der Waals surface area contributed by atoms with Crippen LogP contribution >= 0.6 is 0 Å². The molecule has 3 aliphatic rings. The lowest BCUT2D eigenvalue weighted by molar-refractivity contribution is -0.129. The molecule has 0 radical (unpaired) electrons. The second-order valence-corrected chi connectivity index (χ2v) is 10.1. The van der Waals surface area contributed by atoms with Gasteiger partial charge in [-0.15, -0.1) is 0 Å². The van der Waals surface area contributed by atoms with E-state index in [9.17, 15) is 14.7 Å². The molecule has 186 valence electrons. The van der Waals surface area contributed by atoms with Crippen molar-refractivity contribution in [3.63, 3.8) is 0 Å². The van der Waals surface area contributed by atoms with Gasteiger partial charge in [-0.25, -0.2) is 0 Å². The van der Waals surface area contributed by atoms with Crippen molar-refractivity contribution in [2.75, 3.05) is 44.6 Å². The zero-order valence-corrected chi connectivity index (χ0v) is 20.4. The van der Waals surface area contributed by atoms with Crippen LogP contribution in [-0.4, -0.2) is 88.0 Å². The van der Waals surface area contributed by atoms with Gasteiger partial charge in [-0.2, -0.15) is 0 Å². The summed E-state index contributed by atoms with van der Waals surface area (Å²) in [6.07, 6.45) is 4.67. The standard InChI is InChI=1S/C27H35N5O3/c1-19(33)31-11-7-22(8-12-31)29-23-14-25-26(28-15-23)9-13-32(27(25)35)18-24(34)17-30-10-6-20-4-2-3-5-21(20)16-30/h2-5,14-15,22,24,29,34H,6-13,16-18H2,1H3. The first kappa shape index (κ1) is 23.8. The molecule has 8 heteroatoms. The molecular weight excluding hydrogens is 442 g/mol. The zero-order chi connectivity index (χ0) is 24.4. The maximum absolute atomic E-state index is 13.3. The molecule has 2 N–H and O–H groups in total. The summed E-state index contributed by atoms with van der Waals surface area (Å²) < 4.78 is 0. The van der Waals surface area contributed by atoms with Crippen LogP contribution in [-0.2, 0) is 24.2 Å². The SMILES string of the molecule is CC(=O)N1CCC(Nc2cnc3c(c2)C(=O)N(CC(O)CN2CCc4ccccc4C2)CC3)CC1. The Labute approximate surface area is 206 Å². The van der Waals surface area contributed by atoms with Crippen LogP contribution in [0.2, 0.25) is 0 Å². The number of aliphatic hydroxyl groups is 1. The van der Waals surface area contributed by atoms with E-state index >= 15 is 0 Å². The van der Waals surface area contributed by atoms with E-state index in [1.165, 1.54) is 11.1 Å². The predicted molar refractivity (Wildman–Crippen MR) is 134 cm³/mol. The first-order chi connectivity index (χ1) is 17.0. The predicted octanol–water partition coefficient (Wildman–Crippen LogP) is 1.92. The molecule has 5 rings (SSSR count). The lowest BCUT2D eigenvalue weighted by Gasteiger charge is -2.34. The molecule has 4 heterocycles. The third-order valence-electron chi connectivity index (χ3n) is 7.53. The summed E-state index contributed by atoms with van der Waals surface area (Å²) in [5.41, 5.74) is 5.01. The number of rotatable bonds is 6. The lowest BCUT2D eigenvalue weighted by atomic mass is 9.99. The fraction of sp³-hybridized carbons (Fsp3) is 0.519. The molecule has 1 aromatic heterocycles. The molecule has 1 aromatic carbocycles. The number of aromatic nitrogens is 1. The molecule has 0 spiro atoms. The largest absolute Gasteiger partial charge is 0.390 e. The molecule has 1 fully saturated rings. The Bertz CT molecular complexity index is 1080. The number of carbonyl (C=O) groups is 2. The Morgan fingerprint density at radius 3 is 2.66 bits per heavy atom. The van der Waals surface area contributed by atoms with Crippen molar-refractivity contribution in [3.05, 3.63) is 58.9 Å². The Morgan fingerprint density at radius 1 is 1.11 bits per heavy atom. The minimum absolute atomic E-state index is 0.0585. The third-order valence-corrected chi connectivity index (χ3v) is 7.53. The maximum atomic E-state index is 13.3. The van der Waals surface area contributed by atoms with Gasteiger partial charge in [0, 0.05) is 65.2 Å². The molecule has 8 nitrogen and oxygen atoms in total. The highest BCUT2D eigenvalue weighted by atomic mass is 16.3. The number of nitrogens with zero attached hydrogens (tertiary/aromatic N) is 4. The van der Waals surface area contributed by atoms with E-state index in [2.05, 4.69) is 39.5 Å². The number of amides is 2. The van der Waals surface area contributed by atoms with Gasteiger partial charge >= 0.3 is 0 Å². The van der Waals surface area contributed by atoms with E-state index in [1.54, 1.807) is 11.8 Å². The number of pyridine rings is 1. The number of carbonyl (C=O) groups excluding carboxylic acids is 2. The van der Waals surface area contributed by atoms with E-state index in [0.717, 1.165) is 56.8 Å². The summed E-state index contributed by atoms with van der Waals surface area (Å²) in [6.45, 7) is 6.35. The number of nitrogens with one attached hydrogen (secondary N) is 1. The molecule has 0 aliphatic carbocycles. The van der Waals surface area contributed by atoms with Gasteiger partial charge in [-0.1, -0.05) is 24.3 Å². The minimum Gasteiger partial charge on any atom is -0.390 e. The van der Waals surface area contributed by atoms with E-state index in [-0.39, 0.29) is 17.9 Å². The molecular formula is C27H35N5O3. The van der Waals surface area contributed by atoms with Gasteiger partial charge < -0.3 is 20.2 Å². The van der Waals surface area contributed by atoms with Crippen LogP contribution in [0.25, 0.3) is 0 Å². The highest BCUT2D eigenvalue weighted by Gasteiger charge is 2.29. The van der Waals surface area contributed by atoms with Crippen LogP contribution in [0.1, 0.15) is 46.9 Å². The summed E-state index contributed by atoms with van der Waals surface area (Å²) in [7, 11) is 0. The first-order valence-electron chi connectivity index (χ1n) is 12.7. The van der Waals surface area contributed by atoms with Gasteiger partial charge in [0.25, 0.3) is 5.91 Å². The van der Waals surface area contributed by atoms with Crippen LogP contribution in [0, 0.1) is 0 Å². The van der Waals surface area contributed by atoms with E-state index in [4.69, 9.17) is 0 Å². The third kappa shape index (κ3) is 5.49. The van der Waals surface area contributed by atoms with Crippen LogP contribution in [0.5, 0.6) is 0 Å². The Hall–Kier alpha value is -2.97. The monoisotopic (exact) mass is 477 g/mol. The molecule has 3 aliphatic heterocycles. The number of β-amino-alcohol motifs (C(OH)–C–C–N with tert-alkyl or cyclic N) is 1. The van der Waals surface area contributed by atoms with Crippen molar-refractivity contribution in [3.8, 4) is 0 Å². The number of aliphatic hydroxyl groups excluding tert-OH is 1. The Kier molecular flexibility index (Phi) is 7.02. The first-order valence-corrected chi connectivity index (χ1v) is 12.7. The van der Waals surface area contributed by atoms with Crippen molar-refractivity contribution >= 4 is 17.5 Å². The van der Waals surface area contributed by atoms with E-state index < -0.39 is 6.10 Å². The van der Waals surface area contributed by atoms with Crippen molar-refractivity contribution in [2.24, 2.45) is 0 Å². The minimum atomic E-state index is -0.591. The number of anilines is 1. The smallest absolute Gasteiger partial charge is 0.255 e. The van der Waals surface area contributed by atoms with Crippen molar-refractivity contribution in [1.29, 1.82) is 0 Å². The van der Waals surface area contributed by atoms with Gasteiger partial charge in [0.2, 0.25) is 5.91 Å². The van der Waals surface area contributed by atoms with Gasteiger partial charge in [0.05, 0.1) is 29.2 Å². The fourth-order valence-corrected chi connectivity index (χ4v) is 5.54. The highest BCUT2D eigenvalue weighted by molar-refractivity contribution is 5.97. The summed E-state index contributed by atoms with van der Waals surface area (Å²) in [6, 6.07) is 10.6. The maximum Gasteiger partial charge on any atom is 0.255 e. The summed E-state index contributed by atoms with van der Waals surface area (Å²) >= 11 is 0. The second-order valence-electron chi connectivity index (χ2n) is 10.1. The number of fused-ring (bicyclic) bond motifs is 2. The van der Waals surface area contributed by atoms with Crippen LogP contribution < -0.4 is 5.32 Å². The number of likely N-dealkylation sites (tertiary alicyclic amines) is 1. The van der Waals surface area contributed by atoms with Gasteiger partial charge in [0.15, 0.2) is 0 Å². The number of piperidine rings is 1. The summed E-state index contributed by atoms with van der Waals surface area (Å²) in [4.78, 5) is 35.3. The molecule has 1 atom stereocenters. The van der Waals surface area contributed by atoms with Crippen LogP contribution in [0.4, 0.5) is 5.69 Å². The van der Waals surface area contributed by atoms with E-state index in [0.29, 0.717) is 31.6 Å². The molecule has 1 saturated heterocycles. The average Bonchev–Trinajstić information content (AvgIpc) is 2.86. The molecule has 35 heavy (non-hydrogen) atoms. The van der Waals surface area contributed by atoms with Gasteiger partial charge in [-0.3, -0.25) is 19.5 Å². The van der Waals surface area contributed by atoms with Crippen LogP contribution in [0.15, 0.2) is 36.5 Å². The molecule has 2 amide bonds. The average molecular weight is 478 g/mol. The second kappa shape index (κ2) is 10.3. The number of hydrogen-bond acceptors (Lipinski definition) is 6.